The molecule has 8 N–H and O–H groups in total. The molecule has 0 aromatic carbocycles. The highest BCUT2D eigenvalue weighted by Crippen LogP contribution is 2.15. The van der Waals surface area contributed by atoms with Gasteiger partial charge < -0.3 is 51.6 Å². The second kappa shape index (κ2) is 21.9. The van der Waals surface area contributed by atoms with Gasteiger partial charge >= 0.3 is 18.3 Å². The van der Waals surface area contributed by atoms with Crippen molar-refractivity contribution >= 4 is 36.1 Å². The van der Waals surface area contributed by atoms with Crippen molar-refractivity contribution in [2.45, 2.75) is 137 Å². The van der Waals surface area contributed by atoms with Crippen LogP contribution in [-0.2, 0) is 23.9 Å². The zero-order valence-electron chi connectivity index (χ0n) is 29.9. The molecule has 0 bridgehead atoms. The number of carboxylic acid groups (broad SMARTS) is 2. The van der Waals surface area contributed by atoms with E-state index in [1.807, 2.05) is 0 Å². The number of hydrogen-bond acceptors (Lipinski definition) is 9. The minimum atomic E-state index is -1.02. The Morgan fingerprint density at radius 2 is 1.23 bits per heavy atom. The first kappa shape index (κ1) is 45.3. The molecule has 2 atom stereocenters. The molecule has 0 unspecified atom stereocenters. The van der Waals surface area contributed by atoms with Gasteiger partial charge in [-0.05, 0) is 94.4 Å². The number of carboxylic acids is 1. The normalized spacial score (nSPS) is 12.7. The van der Waals surface area contributed by atoms with Crippen molar-refractivity contribution in [2.75, 3.05) is 26.2 Å². The van der Waals surface area contributed by atoms with Gasteiger partial charge in [0.05, 0.1) is 6.04 Å². The molecule has 0 rings (SSSR count). The van der Waals surface area contributed by atoms with Gasteiger partial charge in [-0.25, -0.2) is 14.4 Å². The molecule has 0 radical (unpaired) electrons. The summed E-state index contributed by atoms with van der Waals surface area (Å²) in [6, 6.07) is -1.27. The Bertz CT molecular complexity index is 998. The van der Waals surface area contributed by atoms with Crippen LogP contribution in [0.2, 0.25) is 0 Å². The summed E-state index contributed by atoms with van der Waals surface area (Å²) in [5, 5.41) is 27.6. The van der Waals surface area contributed by atoms with E-state index in [-0.39, 0.29) is 37.9 Å². The predicted octanol–water partition coefficient (Wildman–Crippen LogP) is 3.17. The monoisotopic (exact) mass is 676 g/mol. The van der Waals surface area contributed by atoms with E-state index in [4.69, 9.17) is 25.1 Å². The van der Waals surface area contributed by atoms with Crippen molar-refractivity contribution in [3.8, 4) is 0 Å². The zero-order valence-corrected chi connectivity index (χ0v) is 29.9. The molecule has 0 aromatic rings. The van der Waals surface area contributed by atoms with Gasteiger partial charge in [0.2, 0.25) is 11.8 Å². The molecule has 0 aliphatic carbocycles. The van der Waals surface area contributed by atoms with Crippen molar-refractivity contribution in [1.29, 1.82) is 0 Å². The van der Waals surface area contributed by atoms with Crippen LogP contribution in [0.5, 0.6) is 0 Å². The van der Waals surface area contributed by atoms with Crippen molar-refractivity contribution < 1.29 is 48.5 Å². The van der Waals surface area contributed by atoms with Gasteiger partial charge in [0, 0.05) is 51.1 Å². The Morgan fingerprint density at radius 1 is 0.723 bits per heavy atom. The van der Waals surface area contributed by atoms with E-state index in [0.29, 0.717) is 38.6 Å². The third-order valence-electron chi connectivity index (χ3n) is 5.82. The Labute approximate surface area is 279 Å². The van der Waals surface area contributed by atoms with Gasteiger partial charge in [0.25, 0.3) is 5.97 Å². The Hall–Kier alpha value is -3.82. The van der Waals surface area contributed by atoms with Gasteiger partial charge in [-0.3, -0.25) is 14.4 Å². The minimum absolute atomic E-state index is 0.00480. The van der Waals surface area contributed by atoms with Gasteiger partial charge in [-0.15, -0.1) is 0 Å². The number of hydrogen-bond donors (Lipinski definition) is 7. The number of unbranched alkanes of at least 4 members (excludes halogenated alkanes) is 1. The predicted molar refractivity (Wildman–Crippen MR) is 177 cm³/mol. The van der Waals surface area contributed by atoms with E-state index in [2.05, 4.69) is 21.3 Å². The van der Waals surface area contributed by atoms with Crippen molar-refractivity contribution in [3.63, 3.8) is 0 Å². The number of rotatable bonds is 16. The second-order valence-electron chi connectivity index (χ2n) is 14.0. The molecule has 0 heterocycles. The highest BCUT2D eigenvalue weighted by atomic mass is 16.6. The van der Waals surface area contributed by atoms with Crippen LogP contribution in [-0.4, -0.2) is 106 Å². The van der Waals surface area contributed by atoms with E-state index in [1.54, 1.807) is 62.3 Å². The molecule has 274 valence electrons. The zero-order chi connectivity index (χ0) is 37.0. The van der Waals surface area contributed by atoms with Crippen LogP contribution in [0.3, 0.4) is 0 Å². The number of nitrogens with two attached hydrogens (primary N) is 1. The lowest BCUT2D eigenvalue weighted by Gasteiger charge is -2.33. The standard InChI is InChI=1S/C29H56N6O8.C2H4O2/c1-27(2,3)35(26(40)41)18-12-14-21(30)23(37)32-15-11-10-13-20(34-25(39)43-29(7,8)9)19-22(36)31-16-17-33-24(38)42-28(4,5)6;1-2(3)4/h20-21H,10-19,30H2,1-9H3,(H,31,36)(H,32,37)(H,33,38)(H,34,39)(H,40,41);1H3,(H,3,4)/t20-,21-;/m0./s1. The smallest absolute Gasteiger partial charge is 0.407 e. The van der Waals surface area contributed by atoms with E-state index < -0.39 is 53.1 Å². The molecule has 0 saturated carbocycles. The highest BCUT2D eigenvalue weighted by molar-refractivity contribution is 5.81. The summed E-state index contributed by atoms with van der Waals surface area (Å²) >= 11 is 0. The Kier molecular flexibility index (Phi) is 21.1. The maximum absolute atomic E-state index is 12.5. The first-order chi connectivity index (χ1) is 21.3. The summed E-state index contributed by atoms with van der Waals surface area (Å²) in [7, 11) is 0. The fourth-order valence-corrected chi connectivity index (χ4v) is 3.85. The van der Waals surface area contributed by atoms with Crippen LogP contribution in [0.25, 0.3) is 0 Å². The molecule has 0 saturated heterocycles. The van der Waals surface area contributed by atoms with Crippen molar-refractivity contribution in [2.24, 2.45) is 5.73 Å². The molecule has 0 spiro atoms. The number of nitrogens with one attached hydrogen (secondary N) is 4. The third-order valence-corrected chi connectivity index (χ3v) is 5.82. The average Bonchev–Trinajstić information content (AvgIpc) is 2.85. The summed E-state index contributed by atoms with van der Waals surface area (Å²) in [6.07, 6.45) is 0.219. The van der Waals surface area contributed by atoms with Crippen LogP contribution < -0.4 is 27.0 Å². The molecule has 0 aliphatic rings. The third kappa shape index (κ3) is 28.2. The van der Waals surface area contributed by atoms with Crippen LogP contribution in [0.1, 0.15) is 108 Å². The van der Waals surface area contributed by atoms with E-state index in [9.17, 15) is 29.1 Å². The van der Waals surface area contributed by atoms with Crippen molar-refractivity contribution in [1.82, 2.24) is 26.2 Å². The summed E-state index contributed by atoms with van der Waals surface area (Å²) < 4.78 is 10.5. The number of nitrogens with zero attached hydrogens (tertiary/aromatic N) is 1. The minimum Gasteiger partial charge on any atom is -0.481 e. The van der Waals surface area contributed by atoms with E-state index in [1.165, 1.54) is 4.90 Å². The molecule has 0 aromatic heterocycles. The molecule has 16 nitrogen and oxygen atoms in total. The van der Waals surface area contributed by atoms with Gasteiger partial charge in [-0.1, -0.05) is 0 Å². The summed E-state index contributed by atoms with van der Waals surface area (Å²) in [5.41, 5.74) is 4.12. The summed E-state index contributed by atoms with van der Waals surface area (Å²) in [5.74, 6) is -1.46. The molecule has 16 heteroatoms. The van der Waals surface area contributed by atoms with Gasteiger partial charge in [0.15, 0.2) is 0 Å². The molecular weight excluding hydrogens is 616 g/mol. The largest absolute Gasteiger partial charge is 0.481 e. The maximum Gasteiger partial charge on any atom is 0.407 e. The number of ether oxygens (including phenoxy) is 2. The highest BCUT2D eigenvalue weighted by Gasteiger charge is 2.26. The van der Waals surface area contributed by atoms with Gasteiger partial charge in [-0.2, -0.15) is 0 Å². The molecule has 0 fully saturated rings. The molecule has 5 amide bonds. The van der Waals surface area contributed by atoms with E-state index >= 15 is 0 Å². The number of aliphatic carboxylic acids is 1. The topological polar surface area (TPSA) is 239 Å². The quantitative estimate of drug-likeness (QED) is 0.117. The van der Waals surface area contributed by atoms with Gasteiger partial charge in [0.1, 0.15) is 11.2 Å². The SMILES string of the molecule is CC(=O)O.CC(C)(C)OC(=O)NCCNC(=O)C[C@H](CCCCNC(=O)[C@@H](N)CCCN(C(=O)O)C(C)(C)C)NC(=O)OC(C)(C)C. The Morgan fingerprint density at radius 3 is 1.72 bits per heavy atom. The average molecular weight is 677 g/mol. The second-order valence-corrected chi connectivity index (χ2v) is 14.0. The fourth-order valence-electron chi connectivity index (χ4n) is 3.85. The fraction of sp³-hybridized carbons (Fsp3) is 0.806. The molecule has 0 aliphatic heterocycles. The number of carbonyl (C=O) groups excluding carboxylic acids is 4. The number of carbonyl (C=O) groups is 6. The molecular formula is C31H60N6O10. The first-order valence-corrected chi connectivity index (χ1v) is 15.8. The lowest BCUT2D eigenvalue weighted by molar-refractivity contribution is -0.134. The summed E-state index contributed by atoms with van der Waals surface area (Å²) in [4.78, 5) is 70.7. The lowest BCUT2D eigenvalue weighted by Crippen LogP contribution is -2.46. The van der Waals surface area contributed by atoms with Crippen LogP contribution in [0.15, 0.2) is 0 Å². The van der Waals surface area contributed by atoms with E-state index in [0.717, 1.165) is 6.92 Å². The molecule has 47 heavy (non-hydrogen) atoms. The number of amides is 5. The first-order valence-electron chi connectivity index (χ1n) is 15.8. The van der Waals surface area contributed by atoms with Crippen molar-refractivity contribution in [3.05, 3.63) is 0 Å². The Balaban J connectivity index is 0. The lowest BCUT2D eigenvalue weighted by atomic mass is 10.0. The van der Waals surface area contributed by atoms with Crippen LogP contribution in [0.4, 0.5) is 14.4 Å². The van der Waals surface area contributed by atoms with Crippen LogP contribution >= 0.6 is 0 Å². The van der Waals surface area contributed by atoms with Crippen LogP contribution in [0, 0.1) is 0 Å². The number of alkyl carbamates (subject to hydrolysis) is 2. The summed E-state index contributed by atoms with van der Waals surface area (Å²) in [6.45, 7) is 18.0. The maximum atomic E-state index is 12.5.